The molecule has 2 rings (SSSR count). The molecule has 0 spiro atoms. The van der Waals surface area contributed by atoms with Crippen LogP contribution in [0.5, 0.6) is 5.75 Å². The van der Waals surface area contributed by atoms with Gasteiger partial charge in [-0.3, -0.25) is 0 Å². The molecule has 18 heavy (non-hydrogen) atoms. The highest BCUT2D eigenvalue weighted by Crippen LogP contribution is 2.27. The lowest BCUT2D eigenvalue weighted by atomic mass is 10.3. The van der Waals surface area contributed by atoms with E-state index in [0.717, 1.165) is 10.7 Å². The summed E-state index contributed by atoms with van der Waals surface area (Å²) in [6.45, 7) is 0.329. The lowest BCUT2D eigenvalue weighted by Gasteiger charge is -2.07. The highest BCUT2D eigenvalue weighted by molar-refractivity contribution is 7.09. The average Bonchev–Trinajstić information content (AvgIpc) is 2.81. The molecule has 0 N–H and O–H groups in total. The first-order valence-electron chi connectivity index (χ1n) is 5.26. The zero-order valence-corrected chi connectivity index (χ0v) is 11.7. The minimum absolute atomic E-state index is 0.0910. The van der Waals surface area contributed by atoms with Crippen LogP contribution in [0.2, 0.25) is 5.02 Å². The molecule has 0 amide bonds. The van der Waals surface area contributed by atoms with Crippen LogP contribution in [0.15, 0.2) is 23.6 Å². The van der Waals surface area contributed by atoms with Gasteiger partial charge in [-0.05, 0) is 12.1 Å². The number of benzene rings is 1. The van der Waals surface area contributed by atoms with Crippen molar-refractivity contribution in [3.63, 3.8) is 0 Å². The van der Waals surface area contributed by atoms with Crippen LogP contribution < -0.4 is 4.74 Å². The highest BCUT2D eigenvalue weighted by Gasteiger charge is 2.08. The van der Waals surface area contributed by atoms with E-state index in [-0.39, 0.29) is 10.8 Å². The van der Waals surface area contributed by atoms with Crippen molar-refractivity contribution >= 4 is 34.5 Å². The third kappa shape index (κ3) is 3.34. The molecule has 0 unspecified atom stereocenters. The van der Waals surface area contributed by atoms with Crippen LogP contribution in [0.3, 0.4) is 0 Å². The lowest BCUT2D eigenvalue weighted by molar-refractivity contribution is 0.305. The monoisotopic (exact) mass is 305 g/mol. The van der Waals surface area contributed by atoms with Crippen molar-refractivity contribution in [2.45, 2.75) is 12.3 Å². The second-order valence-electron chi connectivity index (χ2n) is 3.52. The second kappa shape index (κ2) is 6.36. The van der Waals surface area contributed by atoms with E-state index in [0.29, 0.717) is 18.9 Å². The first kappa shape index (κ1) is 13.6. The van der Waals surface area contributed by atoms with Crippen molar-refractivity contribution in [1.82, 2.24) is 4.98 Å². The van der Waals surface area contributed by atoms with E-state index in [2.05, 4.69) is 4.98 Å². The van der Waals surface area contributed by atoms with Crippen LogP contribution >= 0.6 is 34.5 Å². The Morgan fingerprint density at radius 3 is 2.89 bits per heavy atom. The van der Waals surface area contributed by atoms with Crippen molar-refractivity contribution in [2.75, 3.05) is 6.61 Å². The summed E-state index contributed by atoms with van der Waals surface area (Å²) in [6, 6.07) is 4.45. The van der Waals surface area contributed by atoms with Crippen LogP contribution in [0.25, 0.3) is 0 Å². The quantitative estimate of drug-likeness (QED) is 0.769. The molecule has 6 heteroatoms. The first-order chi connectivity index (χ1) is 8.70. The molecule has 2 nitrogen and oxygen atoms in total. The molecule has 0 bridgehead atoms. The predicted molar refractivity (Wildman–Crippen MR) is 72.3 cm³/mol. The standard InChI is InChI=1S/C12H10Cl2FNOS/c13-6-8-7-18-11(16-8)4-5-17-12-9(14)2-1-3-10(12)15/h1-3,7H,4-6H2. The Kier molecular flexibility index (Phi) is 4.80. The maximum absolute atomic E-state index is 13.4. The Bertz CT molecular complexity index is 512. The Balaban J connectivity index is 1.92. The Morgan fingerprint density at radius 2 is 2.22 bits per heavy atom. The molecule has 0 radical (unpaired) electrons. The fourth-order valence-corrected chi connectivity index (χ4v) is 2.61. The van der Waals surface area contributed by atoms with Gasteiger partial charge in [0.25, 0.3) is 0 Å². The Morgan fingerprint density at radius 1 is 1.39 bits per heavy atom. The average molecular weight is 306 g/mol. The Labute approximate surface area is 118 Å². The summed E-state index contributed by atoms with van der Waals surface area (Å²) < 4.78 is 18.7. The molecular weight excluding hydrogens is 296 g/mol. The molecule has 1 aromatic heterocycles. The minimum Gasteiger partial charge on any atom is -0.488 e. The zero-order chi connectivity index (χ0) is 13.0. The van der Waals surface area contributed by atoms with Crippen LogP contribution in [-0.4, -0.2) is 11.6 Å². The van der Waals surface area contributed by atoms with Crippen molar-refractivity contribution in [3.8, 4) is 5.75 Å². The molecule has 0 aliphatic carbocycles. The molecule has 1 aromatic carbocycles. The third-order valence-electron chi connectivity index (χ3n) is 2.22. The van der Waals surface area contributed by atoms with Gasteiger partial charge in [0.1, 0.15) is 0 Å². The highest BCUT2D eigenvalue weighted by atomic mass is 35.5. The van der Waals surface area contributed by atoms with Crippen LogP contribution in [0.4, 0.5) is 4.39 Å². The molecule has 0 aliphatic heterocycles. The summed E-state index contributed by atoms with van der Waals surface area (Å²) in [5.41, 5.74) is 0.848. The number of alkyl halides is 1. The van der Waals surface area contributed by atoms with E-state index < -0.39 is 5.82 Å². The van der Waals surface area contributed by atoms with E-state index in [4.69, 9.17) is 27.9 Å². The van der Waals surface area contributed by atoms with Crippen LogP contribution in [0.1, 0.15) is 10.7 Å². The van der Waals surface area contributed by atoms with Gasteiger partial charge in [0, 0.05) is 11.8 Å². The second-order valence-corrected chi connectivity index (χ2v) is 5.13. The fraction of sp³-hybridized carbons (Fsp3) is 0.250. The number of hydrogen-bond donors (Lipinski definition) is 0. The summed E-state index contributed by atoms with van der Waals surface area (Å²) >= 11 is 13.0. The zero-order valence-electron chi connectivity index (χ0n) is 9.33. The molecule has 1 heterocycles. The van der Waals surface area contributed by atoms with Crippen molar-refractivity contribution in [2.24, 2.45) is 0 Å². The summed E-state index contributed by atoms with van der Waals surface area (Å²) in [4.78, 5) is 4.28. The smallest absolute Gasteiger partial charge is 0.173 e. The van der Waals surface area contributed by atoms with Gasteiger partial charge >= 0.3 is 0 Å². The van der Waals surface area contributed by atoms with E-state index >= 15 is 0 Å². The maximum atomic E-state index is 13.4. The summed E-state index contributed by atoms with van der Waals surface area (Å²) in [5.74, 6) is 0.0348. The van der Waals surface area contributed by atoms with E-state index in [1.165, 1.54) is 23.5 Å². The topological polar surface area (TPSA) is 22.1 Å². The van der Waals surface area contributed by atoms with Gasteiger partial charge < -0.3 is 4.74 Å². The SMILES string of the molecule is Fc1cccc(Cl)c1OCCc1nc(CCl)cs1. The number of nitrogens with zero attached hydrogens (tertiary/aromatic N) is 1. The maximum Gasteiger partial charge on any atom is 0.173 e. The van der Waals surface area contributed by atoms with Gasteiger partial charge in [-0.1, -0.05) is 17.7 Å². The summed E-state index contributed by atoms with van der Waals surface area (Å²) in [6.07, 6.45) is 0.603. The molecule has 0 fully saturated rings. The Hall–Kier alpha value is -0.840. The fourth-order valence-electron chi connectivity index (χ4n) is 1.39. The molecule has 0 saturated carbocycles. The van der Waals surface area contributed by atoms with E-state index in [9.17, 15) is 4.39 Å². The molecule has 0 saturated heterocycles. The van der Waals surface area contributed by atoms with Gasteiger partial charge in [-0.25, -0.2) is 9.37 Å². The number of ether oxygens (including phenoxy) is 1. The number of para-hydroxylation sites is 1. The molecule has 0 aliphatic rings. The normalized spacial score (nSPS) is 10.6. The van der Waals surface area contributed by atoms with Crippen LogP contribution in [0, 0.1) is 5.82 Å². The molecule has 96 valence electrons. The number of aromatic nitrogens is 1. The largest absolute Gasteiger partial charge is 0.488 e. The van der Waals surface area contributed by atoms with Gasteiger partial charge in [-0.15, -0.1) is 22.9 Å². The van der Waals surface area contributed by atoms with Gasteiger partial charge in [0.15, 0.2) is 11.6 Å². The molecule has 0 atom stereocenters. The summed E-state index contributed by atoms with van der Waals surface area (Å²) in [7, 11) is 0. The number of hydrogen-bond acceptors (Lipinski definition) is 3. The van der Waals surface area contributed by atoms with E-state index in [1.54, 1.807) is 6.07 Å². The first-order valence-corrected chi connectivity index (χ1v) is 7.06. The summed E-state index contributed by atoms with van der Waals surface area (Å²) in [5, 5.41) is 3.09. The number of thiazole rings is 1. The molecular formula is C12H10Cl2FNOS. The third-order valence-corrected chi connectivity index (χ3v) is 3.75. The van der Waals surface area contributed by atoms with Gasteiger partial charge in [-0.2, -0.15) is 0 Å². The van der Waals surface area contributed by atoms with Crippen molar-refractivity contribution in [1.29, 1.82) is 0 Å². The van der Waals surface area contributed by atoms with Crippen LogP contribution in [-0.2, 0) is 12.3 Å². The van der Waals surface area contributed by atoms with E-state index in [1.807, 2.05) is 5.38 Å². The van der Waals surface area contributed by atoms with Gasteiger partial charge in [0.05, 0.1) is 28.2 Å². The molecule has 2 aromatic rings. The predicted octanol–water partition coefficient (Wildman–Crippen LogP) is 4.30. The lowest BCUT2D eigenvalue weighted by Crippen LogP contribution is -2.03. The van der Waals surface area contributed by atoms with Crippen molar-refractivity contribution in [3.05, 3.63) is 45.1 Å². The van der Waals surface area contributed by atoms with Crippen molar-refractivity contribution < 1.29 is 9.13 Å². The number of rotatable bonds is 5. The minimum atomic E-state index is -0.455. The number of halogens is 3. The van der Waals surface area contributed by atoms with Gasteiger partial charge in [0.2, 0.25) is 0 Å².